The van der Waals surface area contributed by atoms with Crippen molar-refractivity contribution in [3.05, 3.63) is 48.2 Å². The second-order valence-corrected chi connectivity index (χ2v) is 7.28. The third-order valence-corrected chi connectivity index (χ3v) is 3.84. The van der Waals surface area contributed by atoms with Gasteiger partial charge in [-0.1, -0.05) is 55.7 Å². The number of nitrogens with zero attached hydrogens (tertiary/aromatic N) is 5. The average molecular weight is 513 g/mol. The van der Waals surface area contributed by atoms with E-state index in [1.807, 2.05) is 4.68 Å². The van der Waals surface area contributed by atoms with Crippen LogP contribution in [0.4, 0.5) is 0 Å². The van der Waals surface area contributed by atoms with Crippen LogP contribution in [0.25, 0.3) is 22.6 Å². The van der Waals surface area contributed by atoms with Crippen LogP contribution in [-0.4, -0.2) is 24.7 Å². The molecule has 6 heteroatoms. The molecule has 25 heavy (non-hydrogen) atoms. The maximum absolute atomic E-state index is 4.54. The van der Waals surface area contributed by atoms with Crippen LogP contribution in [0.15, 0.2) is 30.9 Å². The first-order chi connectivity index (χ1) is 11.4. The van der Waals surface area contributed by atoms with Crippen LogP contribution >= 0.6 is 0 Å². The molecule has 0 aliphatic carbocycles. The molecule has 0 bridgehead atoms. The quantitative estimate of drug-likeness (QED) is 0.500. The van der Waals surface area contributed by atoms with E-state index in [-0.39, 0.29) is 25.5 Å². The summed E-state index contributed by atoms with van der Waals surface area (Å²) in [5.41, 5.74) is 5.18. The van der Waals surface area contributed by atoms with Crippen molar-refractivity contribution in [1.82, 2.24) is 24.7 Å². The zero-order valence-electron chi connectivity index (χ0n) is 15.2. The number of aromatic nitrogens is 5. The summed E-state index contributed by atoms with van der Waals surface area (Å²) in [6.07, 6.45) is 6.20. The summed E-state index contributed by atoms with van der Waals surface area (Å²) in [6, 6.07) is 6.24. The van der Waals surface area contributed by atoms with Crippen LogP contribution in [0.2, 0.25) is 0 Å². The molecule has 1 radical (unpaired) electrons. The van der Waals surface area contributed by atoms with Gasteiger partial charge in [-0.05, 0) is 36.7 Å². The molecule has 0 N–H and O–H groups in total. The van der Waals surface area contributed by atoms with Gasteiger partial charge in [0, 0.05) is 33.0 Å². The smallest absolute Gasteiger partial charge is 0.127 e. The molecule has 0 amide bonds. The van der Waals surface area contributed by atoms with E-state index in [9.17, 15) is 0 Å². The molecule has 0 aliphatic heterocycles. The van der Waals surface area contributed by atoms with Crippen molar-refractivity contribution < 1.29 is 20.1 Å². The molecule has 0 aliphatic rings. The van der Waals surface area contributed by atoms with Crippen molar-refractivity contribution >= 4 is 0 Å². The molecule has 133 valence electrons. The molecule has 0 unspecified atom stereocenters. The predicted octanol–water partition coefficient (Wildman–Crippen LogP) is 3.86. The number of aryl methyl sites for hydroxylation is 2. The van der Waals surface area contributed by atoms with Gasteiger partial charge in [0.15, 0.2) is 0 Å². The van der Waals surface area contributed by atoms with Crippen molar-refractivity contribution in [1.29, 1.82) is 0 Å². The molecular weight excluding hydrogens is 490 g/mol. The zero-order chi connectivity index (χ0) is 17.3. The Morgan fingerprint density at radius 3 is 2.36 bits per heavy atom. The second-order valence-electron chi connectivity index (χ2n) is 7.28. The van der Waals surface area contributed by atoms with Crippen molar-refractivity contribution in [2.24, 2.45) is 5.41 Å². The van der Waals surface area contributed by atoms with Crippen LogP contribution in [0.5, 0.6) is 0 Å². The third kappa shape index (κ3) is 4.20. The summed E-state index contributed by atoms with van der Waals surface area (Å²) in [6.45, 7) is 11.5. The Morgan fingerprint density at radius 1 is 1.04 bits per heavy atom. The van der Waals surface area contributed by atoms with Gasteiger partial charge < -0.3 is 9.97 Å². The Morgan fingerprint density at radius 2 is 1.72 bits per heavy atom. The van der Waals surface area contributed by atoms with Crippen LogP contribution in [0, 0.1) is 25.5 Å². The van der Waals surface area contributed by atoms with Crippen molar-refractivity contribution in [3.63, 3.8) is 0 Å². The summed E-state index contributed by atoms with van der Waals surface area (Å²) in [5.74, 6) is 0.753. The molecule has 3 rings (SSSR count). The van der Waals surface area contributed by atoms with Gasteiger partial charge in [-0.2, -0.15) is 5.10 Å². The molecule has 0 saturated carbocycles. The maximum atomic E-state index is 4.54. The molecule has 1 aromatic carbocycles. The largest absolute Gasteiger partial charge is 0.341 e. The minimum Gasteiger partial charge on any atom is -0.341 e. The van der Waals surface area contributed by atoms with Gasteiger partial charge in [-0.15, -0.1) is 0 Å². The molecular formula is C19H22IrN5-. The summed E-state index contributed by atoms with van der Waals surface area (Å²) >= 11 is 0. The Bertz CT molecular complexity index is 844. The van der Waals surface area contributed by atoms with E-state index in [1.165, 1.54) is 17.5 Å². The topological polar surface area (TPSA) is 56.5 Å². The number of benzene rings is 1. The Hall–Kier alpha value is -1.91. The first-order valence-corrected chi connectivity index (χ1v) is 8.04. The fraction of sp³-hybridized carbons (Fsp3) is 0.368. The van der Waals surface area contributed by atoms with E-state index in [4.69, 9.17) is 0 Å². The molecule has 0 saturated heterocycles. The van der Waals surface area contributed by atoms with Crippen molar-refractivity contribution in [2.75, 3.05) is 0 Å². The summed E-state index contributed by atoms with van der Waals surface area (Å²) in [5, 5.41) is 4.39. The van der Waals surface area contributed by atoms with Gasteiger partial charge in [0.05, 0.1) is 5.82 Å². The molecule has 2 aromatic heterocycles. The molecule has 2 heterocycles. The number of hydrogen-bond donors (Lipinski definition) is 0. The fourth-order valence-corrected chi connectivity index (χ4v) is 2.85. The average Bonchev–Trinajstić information content (AvgIpc) is 2.93. The van der Waals surface area contributed by atoms with Gasteiger partial charge in [-0.3, -0.25) is 9.67 Å². The van der Waals surface area contributed by atoms with Gasteiger partial charge >= 0.3 is 0 Å². The van der Waals surface area contributed by atoms with Gasteiger partial charge in [0.1, 0.15) is 6.33 Å². The minimum atomic E-state index is 0. The van der Waals surface area contributed by atoms with Crippen LogP contribution in [0.1, 0.15) is 31.9 Å². The molecule has 5 nitrogen and oxygen atoms in total. The second kappa shape index (κ2) is 7.54. The van der Waals surface area contributed by atoms with Gasteiger partial charge in [-0.25, -0.2) is 0 Å². The summed E-state index contributed by atoms with van der Waals surface area (Å²) in [7, 11) is 0. The van der Waals surface area contributed by atoms with E-state index >= 15 is 0 Å². The number of hydrogen-bond acceptors (Lipinski definition) is 4. The third-order valence-electron chi connectivity index (χ3n) is 3.84. The Labute approximate surface area is 162 Å². The summed E-state index contributed by atoms with van der Waals surface area (Å²) < 4.78 is 1.91. The summed E-state index contributed by atoms with van der Waals surface area (Å²) in [4.78, 5) is 13.1. The molecule has 0 spiro atoms. The van der Waals surface area contributed by atoms with Crippen molar-refractivity contribution in [3.8, 4) is 22.6 Å². The molecule has 0 atom stereocenters. The standard InChI is InChI=1S/C19H22N5.Ir/c1-13-7-6-8-14(2)16(13)17-15(9-20-11-21-17)18-22-12-23-24(18)10-19(3,4)5;/h6-8,11-12H,10H2,1-5H3;/q-1;. The monoisotopic (exact) mass is 513 g/mol. The normalized spacial score (nSPS) is 11.2. The van der Waals surface area contributed by atoms with E-state index in [0.29, 0.717) is 0 Å². The van der Waals surface area contributed by atoms with Crippen LogP contribution < -0.4 is 0 Å². The maximum Gasteiger partial charge on any atom is 0.127 e. The van der Waals surface area contributed by atoms with Crippen molar-refractivity contribution in [2.45, 2.75) is 41.2 Å². The van der Waals surface area contributed by atoms with E-state index < -0.39 is 0 Å². The number of rotatable bonds is 3. The minimum absolute atomic E-state index is 0. The van der Waals surface area contributed by atoms with Gasteiger partial charge in [0.25, 0.3) is 0 Å². The Kier molecular flexibility index (Phi) is 5.86. The Balaban J connectivity index is 0.00000225. The van der Waals surface area contributed by atoms with E-state index in [2.05, 4.69) is 79.1 Å². The molecule has 3 aromatic rings. The predicted molar refractivity (Wildman–Crippen MR) is 94.2 cm³/mol. The molecule has 0 fully saturated rings. The SMILES string of the molecule is Cc1cccc(C)c1-c1ncn[c-]c1-c1ncnn1CC(C)(C)C.[Ir]. The van der Waals surface area contributed by atoms with Gasteiger partial charge in [0.2, 0.25) is 0 Å². The first-order valence-electron chi connectivity index (χ1n) is 8.04. The van der Waals surface area contributed by atoms with E-state index in [1.54, 1.807) is 6.33 Å². The van der Waals surface area contributed by atoms with Crippen LogP contribution in [-0.2, 0) is 26.7 Å². The van der Waals surface area contributed by atoms with E-state index in [0.717, 1.165) is 29.2 Å². The first kappa shape index (κ1) is 19.4. The van der Waals surface area contributed by atoms with Crippen LogP contribution in [0.3, 0.4) is 0 Å². The fourth-order valence-electron chi connectivity index (χ4n) is 2.85. The zero-order valence-corrected chi connectivity index (χ0v) is 17.6.